The van der Waals surface area contributed by atoms with Gasteiger partial charge < -0.3 is 15.1 Å². The first-order valence-electron chi connectivity index (χ1n) is 11.8. The molecule has 2 saturated heterocycles. The first kappa shape index (κ1) is 22.1. The van der Waals surface area contributed by atoms with Crippen LogP contribution in [0.15, 0.2) is 65.2 Å². The number of likely N-dealkylation sites (tertiary alicyclic amines) is 2. The van der Waals surface area contributed by atoms with Crippen LogP contribution in [-0.4, -0.2) is 47.8 Å². The van der Waals surface area contributed by atoms with Gasteiger partial charge in [0.05, 0.1) is 6.54 Å². The lowest BCUT2D eigenvalue weighted by Gasteiger charge is -2.31. The van der Waals surface area contributed by atoms with Crippen molar-refractivity contribution in [2.24, 2.45) is 4.99 Å². The molecule has 2 fully saturated rings. The first-order chi connectivity index (χ1) is 15.7. The van der Waals surface area contributed by atoms with Gasteiger partial charge in [-0.1, -0.05) is 66.2 Å². The SMILES string of the molecule is CCNC(=NCc1ccc(CN2CCCC2=O)cc1)N1CCC(=Cc2ccccc2)CC1. The van der Waals surface area contributed by atoms with Crippen LogP contribution in [0.3, 0.4) is 0 Å². The van der Waals surface area contributed by atoms with Crippen LogP contribution in [0.1, 0.15) is 49.3 Å². The number of nitrogens with one attached hydrogen (secondary N) is 1. The van der Waals surface area contributed by atoms with E-state index in [-0.39, 0.29) is 5.91 Å². The average molecular weight is 431 g/mol. The Morgan fingerprint density at radius 3 is 2.34 bits per heavy atom. The number of guanidine groups is 1. The Morgan fingerprint density at radius 2 is 1.69 bits per heavy atom. The van der Waals surface area contributed by atoms with Crippen LogP contribution < -0.4 is 5.32 Å². The van der Waals surface area contributed by atoms with E-state index in [1.54, 1.807) is 0 Å². The van der Waals surface area contributed by atoms with Gasteiger partial charge in [-0.05, 0) is 42.9 Å². The standard InChI is InChI=1S/C27H34N4O/c1-2-28-27(30-17-14-23(15-18-30)19-22-7-4-3-5-8-22)29-20-24-10-12-25(13-11-24)21-31-16-6-9-26(31)32/h3-5,7-8,10-13,19H,2,6,9,14-18,20-21H2,1H3,(H,28,29). The van der Waals surface area contributed by atoms with Crippen molar-refractivity contribution in [1.29, 1.82) is 0 Å². The third kappa shape index (κ3) is 6.00. The summed E-state index contributed by atoms with van der Waals surface area (Å²) in [6.07, 6.45) is 6.16. The van der Waals surface area contributed by atoms with Crippen molar-refractivity contribution in [3.63, 3.8) is 0 Å². The predicted molar refractivity (Wildman–Crippen MR) is 131 cm³/mol. The average Bonchev–Trinajstić information content (AvgIpc) is 3.23. The van der Waals surface area contributed by atoms with Crippen LogP contribution in [-0.2, 0) is 17.9 Å². The molecule has 0 aromatic heterocycles. The second kappa shape index (κ2) is 11.0. The maximum atomic E-state index is 11.8. The maximum absolute atomic E-state index is 11.8. The van der Waals surface area contributed by atoms with Gasteiger partial charge >= 0.3 is 0 Å². The van der Waals surface area contributed by atoms with Crippen LogP contribution >= 0.6 is 0 Å². The lowest BCUT2D eigenvalue weighted by molar-refractivity contribution is -0.128. The van der Waals surface area contributed by atoms with Crippen LogP contribution in [0.2, 0.25) is 0 Å². The summed E-state index contributed by atoms with van der Waals surface area (Å²) in [5.41, 5.74) is 5.18. The number of benzene rings is 2. The Labute approximate surface area is 191 Å². The molecule has 32 heavy (non-hydrogen) atoms. The minimum atomic E-state index is 0.275. The molecule has 1 amide bonds. The highest BCUT2D eigenvalue weighted by molar-refractivity contribution is 5.80. The molecule has 0 aliphatic carbocycles. The quantitative estimate of drug-likeness (QED) is 0.544. The highest BCUT2D eigenvalue weighted by atomic mass is 16.2. The molecule has 5 heteroatoms. The molecule has 1 N–H and O–H groups in total. The van der Waals surface area contributed by atoms with E-state index in [1.165, 1.54) is 22.3 Å². The van der Waals surface area contributed by atoms with Crippen LogP contribution in [0, 0.1) is 0 Å². The van der Waals surface area contributed by atoms with Gasteiger partial charge in [0, 0.05) is 39.1 Å². The van der Waals surface area contributed by atoms with E-state index < -0.39 is 0 Å². The zero-order valence-electron chi connectivity index (χ0n) is 19.1. The number of rotatable bonds is 6. The van der Waals surface area contributed by atoms with Gasteiger partial charge in [-0.15, -0.1) is 0 Å². The highest BCUT2D eigenvalue weighted by Crippen LogP contribution is 2.20. The molecule has 2 aromatic carbocycles. The molecule has 0 unspecified atom stereocenters. The van der Waals surface area contributed by atoms with E-state index in [0.29, 0.717) is 13.0 Å². The number of carbonyl (C=O) groups excluding carboxylic acids is 1. The number of aliphatic imine (C=N–C) groups is 1. The van der Waals surface area contributed by atoms with Crippen molar-refractivity contribution in [2.75, 3.05) is 26.2 Å². The molecule has 5 nitrogen and oxygen atoms in total. The van der Waals surface area contributed by atoms with E-state index >= 15 is 0 Å². The molecule has 168 valence electrons. The fourth-order valence-electron chi connectivity index (χ4n) is 4.37. The van der Waals surface area contributed by atoms with Gasteiger partial charge in [-0.3, -0.25) is 4.79 Å². The third-order valence-electron chi connectivity index (χ3n) is 6.19. The summed E-state index contributed by atoms with van der Waals surface area (Å²) >= 11 is 0. The number of hydrogen-bond donors (Lipinski definition) is 1. The fraction of sp³-hybridized carbons (Fsp3) is 0.407. The van der Waals surface area contributed by atoms with Crippen LogP contribution in [0.4, 0.5) is 0 Å². The summed E-state index contributed by atoms with van der Waals surface area (Å²) in [6.45, 7) is 7.24. The van der Waals surface area contributed by atoms with Gasteiger partial charge in [-0.25, -0.2) is 4.99 Å². The largest absolute Gasteiger partial charge is 0.357 e. The smallest absolute Gasteiger partial charge is 0.222 e. The van der Waals surface area contributed by atoms with Gasteiger partial charge in [0.25, 0.3) is 0 Å². The Kier molecular flexibility index (Phi) is 7.59. The lowest BCUT2D eigenvalue weighted by Crippen LogP contribution is -2.44. The van der Waals surface area contributed by atoms with Crippen molar-refractivity contribution in [3.05, 3.63) is 76.9 Å². The minimum Gasteiger partial charge on any atom is -0.357 e. The molecule has 0 saturated carbocycles. The molecule has 0 radical (unpaired) electrons. The van der Waals surface area contributed by atoms with Crippen molar-refractivity contribution in [2.45, 2.75) is 45.7 Å². The number of carbonyl (C=O) groups is 1. The van der Waals surface area contributed by atoms with Gasteiger partial charge in [-0.2, -0.15) is 0 Å². The summed E-state index contributed by atoms with van der Waals surface area (Å²) in [4.78, 5) is 21.1. The molecule has 4 rings (SSSR count). The zero-order valence-corrected chi connectivity index (χ0v) is 19.1. The summed E-state index contributed by atoms with van der Waals surface area (Å²) in [6, 6.07) is 19.1. The van der Waals surface area contributed by atoms with E-state index in [1.807, 2.05) is 4.90 Å². The number of piperidine rings is 1. The van der Waals surface area contributed by atoms with Gasteiger partial charge in [0.15, 0.2) is 5.96 Å². The topological polar surface area (TPSA) is 47.9 Å². The summed E-state index contributed by atoms with van der Waals surface area (Å²) in [5, 5.41) is 3.46. The number of amides is 1. The highest BCUT2D eigenvalue weighted by Gasteiger charge is 2.20. The fourth-order valence-corrected chi connectivity index (χ4v) is 4.37. The Hall–Kier alpha value is -3.08. The number of hydrogen-bond acceptors (Lipinski definition) is 2. The first-order valence-corrected chi connectivity index (χ1v) is 11.8. The minimum absolute atomic E-state index is 0.275. The molecule has 2 aliphatic rings. The number of nitrogens with zero attached hydrogens (tertiary/aromatic N) is 3. The summed E-state index contributed by atoms with van der Waals surface area (Å²) in [7, 11) is 0. The van der Waals surface area contributed by atoms with Crippen LogP contribution in [0.5, 0.6) is 0 Å². The van der Waals surface area contributed by atoms with Crippen molar-refractivity contribution in [3.8, 4) is 0 Å². The third-order valence-corrected chi connectivity index (χ3v) is 6.19. The van der Waals surface area contributed by atoms with Gasteiger partial charge in [0.1, 0.15) is 0 Å². The Morgan fingerprint density at radius 1 is 0.969 bits per heavy atom. The molecular formula is C27H34N4O. The predicted octanol–water partition coefficient (Wildman–Crippen LogP) is 4.45. The van der Waals surface area contributed by atoms with E-state index in [9.17, 15) is 4.79 Å². The second-order valence-corrected chi connectivity index (χ2v) is 8.61. The van der Waals surface area contributed by atoms with Crippen molar-refractivity contribution in [1.82, 2.24) is 15.1 Å². The lowest BCUT2D eigenvalue weighted by atomic mass is 10.0. The van der Waals surface area contributed by atoms with Crippen molar-refractivity contribution >= 4 is 17.9 Å². The maximum Gasteiger partial charge on any atom is 0.222 e. The van der Waals surface area contributed by atoms with E-state index in [2.05, 4.69) is 77.8 Å². The molecule has 0 bridgehead atoms. The van der Waals surface area contributed by atoms with Crippen LogP contribution in [0.25, 0.3) is 6.08 Å². The molecule has 0 spiro atoms. The monoisotopic (exact) mass is 430 g/mol. The summed E-state index contributed by atoms with van der Waals surface area (Å²) in [5.74, 6) is 1.27. The normalized spacial score (nSPS) is 17.1. The second-order valence-electron chi connectivity index (χ2n) is 8.61. The molecule has 2 heterocycles. The van der Waals surface area contributed by atoms with Gasteiger partial charge in [0.2, 0.25) is 5.91 Å². The molecule has 0 atom stereocenters. The van der Waals surface area contributed by atoms with E-state index in [0.717, 1.165) is 57.9 Å². The Balaban J connectivity index is 1.33. The molecular weight excluding hydrogens is 396 g/mol. The Bertz CT molecular complexity index is 939. The van der Waals surface area contributed by atoms with E-state index in [4.69, 9.17) is 4.99 Å². The summed E-state index contributed by atoms with van der Waals surface area (Å²) < 4.78 is 0. The zero-order chi connectivity index (χ0) is 22.2. The molecule has 2 aromatic rings. The molecule has 2 aliphatic heterocycles. The van der Waals surface area contributed by atoms with Crippen molar-refractivity contribution < 1.29 is 4.79 Å².